The minimum Gasteiger partial charge on any atom is -0.447 e. The Hall–Kier alpha value is -4.32. The molecule has 0 bridgehead atoms. The third kappa shape index (κ3) is 5.14. The van der Waals surface area contributed by atoms with Crippen molar-refractivity contribution < 1.29 is 24.2 Å². The second kappa shape index (κ2) is 10.7. The molecular weight excluding hydrogens is 478 g/mol. The molecule has 3 aromatic rings. The summed E-state index contributed by atoms with van der Waals surface area (Å²) in [5.74, 6) is -0.480. The lowest BCUT2D eigenvalue weighted by molar-refractivity contribution is -0.133. The summed E-state index contributed by atoms with van der Waals surface area (Å²) in [6.45, 7) is 4.68. The number of ketones is 1. The zero-order valence-corrected chi connectivity index (χ0v) is 20.8. The van der Waals surface area contributed by atoms with E-state index in [0.717, 1.165) is 5.56 Å². The predicted octanol–water partition coefficient (Wildman–Crippen LogP) is 2.03. The van der Waals surface area contributed by atoms with Crippen LogP contribution >= 0.6 is 0 Å². The van der Waals surface area contributed by atoms with Crippen molar-refractivity contribution >= 4 is 29.2 Å². The Balaban J connectivity index is 1.67. The van der Waals surface area contributed by atoms with Crippen LogP contribution in [-0.4, -0.2) is 66.6 Å². The summed E-state index contributed by atoms with van der Waals surface area (Å²) in [4.78, 5) is 46.7. The minimum absolute atomic E-state index is 0.179. The molecule has 37 heavy (non-hydrogen) atoms. The molecule has 0 unspecified atom stereocenters. The number of carbonyl (C=O) groups excluding carboxylic acids is 3. The second-order valence-electron chi connectivity index (χ2n) is 8.76. The van der Waals surface area contributed by atoms with Crippen molar-refractivity contribution in [2.45, 2.75) is 45.7 Å². The van der Waals surface area contributed by atoms with Crippen LogP contribution in [-0.2, 0) is 16.0 Å². The van der Waals surface area contributed by atoms with Crippen LogP contribution in [0.1, 0.15) is 55.0 Å². The SMILES string of the molecule is C/C=C\N(C(=O)CO)[C@H](C)CCc1nc2c(-c3ccc([C@H]4COC(=O)N4)nc3)cnn2c(N)c1C(C)=O. The average Bonchev–Trinajstić information content (AvgIpc) is 3.51. The van der Waals surface area contributed by atoms with Crippen LogP contribution in [0.4, 0.5) is 10.6 Å². The Kier molecular flexibility index (Phi) is 7.48. The average molecular weight is 508 g/mol. The number of pyridine rings is 1. The number of carbonyl (C=O) groups is 3. The molecule has 2 atom stereocenters. The Morgan fingerprint density at radius 1 is 1.38 bits per heavy atom. The third-order valence-corrected chi connectivity index (χ3v) is 6.24. The Bertz CT molecular complexity index is 1370. The third-order valence-electron chi connectivity index (χ3n) is 6.24. The maximum atomic E-state index is 12.5. The first kappa shape index (κ1) is 25.8. The number of fused-ring (bicyclic) bond motifs is 1. The molecule has 12 nitrogen and oxygen atoms in total. The summed E-state index contributed by atoms with van der Waals surface area (Å²) in [5.41, 5.74) is 9.70. The number of Topliss-reactive ketones (excluding diaryl/α,β-unsaturated/α-hetero) is 1. The van der Waals surface area contributed by atoms with E-state index >= 15 is 0 Å². The van der Waals surface area contributed by atoms with Gasteiger partial charge in [0.2, 0.25) is 0 Å². The van der Waals surface area contributed by atoms with Crippen LogP contribution < -0.4 is 11.1 Å². The summed E-state index contributed by atoms with van der Waals surface area (Å²) in [5, 5.41) is 16.3. The van der Waals surface area contributed by atoms with Gasteiger partial charge in [0, 0.05) is 29.6 Å². The van der Waals surface area contributed by atoms with E-state index in [1.165, 1.54) is 16.3 Å². The second-order valence-corrected chi connectivity index (χ2v) is 8.76. The van der Waals surface area contributed by atoms with Crippen LogP contribution in [0.2, 0.25) is 0 Å². The van der Waals surface area contributed by atoms with E-state index in [9.17, 15) is 19.5 Å². The number of aliphatic hydroxyl groups excluding tert-OH is 1. The summed E-state index contributed by atoms with van der Waals surface area (Å²) in [6.07, 6.45) is 6.98. The molecule has 0 radical (unpaired) electrons. The van der Waals surface area contributed by atoms with Crippen molar-refractivity contribution in [2.75, 3.05) is 18.9 Å². The fraction of sp³-hybridized carbons (Fsp3) is 0.360. The Morgan fingerprint density at radius 2 is 2.16 bits per heavy atom. The highest BCUT2D eigenvalue weighted by Gasteiger charge is 2.26. The topological polar surface area (TPSA) is 165 Å². The van der Waals surface area contributed by atoms with Gasteiger partial charge in [0.15, 0.2) is 11.4 Å². The molecule has 4 heterocycles. The lowest BCUT2D eigenvalue weighted by atomic mass is 10.0. The van der Waals surface area contributed by atoms with Crippen molar-refractivity contribution in [3.05, 3.63) is 53.8 Å². The van der Waals surface area contributed by atoms with Crippen LogP contribution in [0.15, 0.2) is 36.8 Å². The number of aryl methyl sites for hydroxylation is 1. The van der Waals surface area contributed by atoms with Crippen molar-refractivity contribution in [1.29, 1.82) is 0 Å². The quantitative estimate of drug-likeness (QED) is 0.367. The van der Waals surface area contributed by atoms with Gasteiger partial charge in [-0.05, 0) is 39.7 Å². The lowest BCUT2D eigenvalue weighted by Crippen LogP contribution is -2.36. The number of nitrogen functional groups attached to an aromatic ring is 1. The first-order chi connectivity index (χ1) is 17.7. The minimum atomic E-state index is -0.601. The molecule has 0 saturated carbocycles. The number of anilines is 1. The number of nitrogens with two attached hydrogens (primary N) is 1. The number of nitrogens with one attached hydrogen (secondary N) is 1. The molecule has 1 fully saturated rings. The summed E-state index contributed by atoms with van der Waals surface area (Å²) < 4.78 is 6.36. The molecule has 0 aromatic carbocycles. The van der Waals surface area contributed by atoms with Gasteiger partial charge in [0.1, 0.15) is 25.1 Å². The molecule has 3 aromatic heterocycles. The summed E-state index contributed by atoms with van der Waals surface area (Å²) in [7, 11) is 0. The van der Waals surface area contributed by atoms with Gasteiger partial charge in [-0.25, -0.2) is 9.78 Å². The maximum Gasteiger partial charge on any atom is 0.407 e. The number of rotatable bonds is 9. The van der Waals surface area contributed by atoms with Gasteiger partial charge >= 0.3 is 6.09 Å². The first-order valence-corrected chi connectivity index (χ1v) is 11.9. The fourth-order valence-electron chi connectivity index (χ4n) is 4.35. The van der Waals surface area contributed by atoms with Gasteiger partial charge in [-0.3, -0.25) is 14.6 Å². The molecule has 1 aliphatic rings. The number of cyclic esters (lactones) is 1. The molecule has 194 valence electrons. The van der Waals surface area contributed by atoms with Gasteiger partial charge in [-0.1, -0.05) is 12.1 Å². The lowest BCUT2D eigenvalue weighted by Gasteiger charge is -2.25. The molecule has 12 heteroatoms. The molecule has 0 aliphatic carbocycles. The van der Waals surface area contributed by atoms with Gasteiger partial charge in [-0.15, -0.1) is 0 Å². The summed E-state index contributed by atoms with van der Waals surface area (Å²) >= 11 is 0. The number of allylic oxidation sites excluding steroid dienone is 1. The zero-order chi connectivity index (χ0) is 26.7. The smallest absolute Gasteiger partial charge is 0.407 e. The van der Waals surface area contributed by atoms with E-state index in [4.69, 9.17) is 15.5 Å². The van der Waals surface area contributed by atoms with E-state index in [1.807, 2.05) is 13.0 Å². The molecular formula is C25H29N7O5. The van der Waals surface area contributed by atoms with E-state index in [1.54, 1.807) is 37.7 Å². The number of alkyl carbamates (subject to hydrolysis) is 1. The monoisotopic (exact) mass is 507 g/mol. The number of aromatic nitrogens is 4. The highest BCUT2D eigenvalue weighted by atomic mass is 16.6. The normalized spacial score (nSPS) is 16.1. The number of nitrogens with zero attached hydrogens (tertiary/aromatic N) is 5. The zero-order valence-electron chi connectivity index (χ0n) is 20.8. The number of ether oxygens (including phenoxy) is 1. The molecule has 1 saturated heterocycles. The standard InChI is InChI=1S/C25H29N7O5/c1-4-9-31(21(35)12-33)14(2)5-7-19-22(15(3)34)23(26)32-24(29-19)17(11-28-32)16-6-8-18(27-10-16)20-13-37-25(36)30-20/h4,6,8-11,14,20,33H,5,7,12-13,26H2,1-3H3,(H,30,36)/b9-4-/t14-,20-/m1/s1. The molecule has 0 spiro atoms. The highest BCUT2D eigenvalue weighted by molar-refractivity contribution is 6.00. The molecule has 2 amide bonds. The number of hydrogen-bond acceptors (Lipinski definition) is 9. The van der Waals surface area contributed by atoms with E-state index < -0.39 is 18.6 Å². The Labute approximate surface area is 213 Å². The molecule has 1 aliphatic heterocycles. The highest BCUT2D eigenvalue weighted by Crippen LogP contribution is 2.29. The number of amides is 2. The van der Waals surface area contributed by atoms with E-state index in [2.05, 4.69) is 15.4 Å². The first-order valence-electron chi connectivity index (χ1n) is 11.9. The van der Waals surface area contributed by atoms with Crippen LogP contribution in [0.25, 0.3) is 16.8 Å². The van der Waals surface area contributed by atoms with Crippen molar-refractivity contribution in [1.82, 2.24) is 29.8 Å². The van der Waals surface area contributed by atoms with E-state index in [-0.39, 0.29) is 35.9 Å². The van der Waals surface area contributed by atoms with Crippen LogP contribution in [0.5, 0.6) is 0 Å². The molecule has 4 rings (SSSR count). The number of hydrogen-bond donors (Lipinski definition) is 3. The van der Waals surface area contributed by atoms with Crippen molar-refractivity contribution in [3.8, 4) is 11.1 Å². The predicted molar refractivity (Wildman–Crippen MR) is 134 cm³/mol. The molecule has 4 N–H and O–H groups in total. The van der Waals surface area contributed by atoms with Gasteiger partial charge in [-0.2, -0.15) is 9.61 Å². The van der Waals surface area contributed by atoms with Crippen LogP contribution in [0, 0.1) is 0 Å². The largest absolute Gasteiger partial charge is 0.447 e. The van der Waals surface area contributed by atoms with Gasteiger partial charge in [0.05, 0.1) is 23.1 Å². The maximum absolute atomic E-state index is 12.5. The van der Waals surface area contributed by atoms with Crippen molar-refractivity contribution in [2.24, 2.45) is 0 Å². The van der Waals surface area contributed by atoms with Gasteiger partial charge in [0.25, 0.3) is 5.91 Å². The van der Waals surface area contributed by atoms with Crippen molar-refractivity contribution in [3.63, 3.8) is 0 Å². The van der Waals surface area contributed by atoms with Crippen LogP contribution in [0.3, 0.4) is 0 Å². The fourth-order valence-corrected chi connectivity index (χ4v) is 4.35. The van der Waals surface area contributed by atoms with Gasteiger partial charge < -0.3 is 25.8 Å². The number of aliphatic hydroxyl groups is 1. The summed E-state index contributed by atoms with van der Waals surface area (Å²) in [6, 6.07) is 3.07. The van der Waals surface area contributed by atoms with E-state index in [0.29, 0.717) is 35.4 Å². The Morgan fingerprint density at radius 3 is 2.76 bits per heavy atom.